The summed E-state index contributed by atoms with van der Waals surface area (Å²) in [5.41, 5.74) is -1.06. The maximum Gasteiger partial charge on any atom is 0.329 e. The zero-order valence-electron chi connectivity index (χ0n) is 11.8. The molecule has 0 radical (unpaired) electrons. The van der Waals surface area contributed by atoms with E-state index in [0.29, 0.717) is 6.42 Å². The third kappa shape index (κ3) is 2.85. The molecule has 0 aromatic heterocycles. The normalized spacial score (nSPS) is 29.9. The lowest BCUT2D eigenvalue weighted by atomic mass is 9.73. The van der Waals surface area contributed by atoms with Crippen LogP contribution in [-0.4, -0.2) is 22.5 Å². The molecule has 0 spiro atoms. The number of aliphatic carboxylic acids is 1. The van der Waals surface area contributed by atoms with Gasteiger partial charge in [0.1, 0.15) is 5.54 Å². The molecule has 1 rings (SSSR count). The molecule has 0 bridgehead atoms. The van der Waals surface area contributed by atoms with Crippen molar-refractivity contribution in [3.63, 3.8) is 0 Å². The van der Waals surface area contributed by atoms with Gasteiger partial charge in [0.15, 0.2) is 0 Å². The Morgan fingerprint density at radius 2 is 1.89 bits per heavy atom. The molecule has 1 aliphatic rings. The summed E-state index contributed by atoms with van der Waals surface area (Å²) in [5, 5.41) is 12.3. The van der Waals surface area contributed by atoms with Crippen molar-refractivity contribution in [1.29, 1.82) is 0 Å². The highest BCUT2D eigenvalue weighted by molar-refractivity contribution is 5.88. The summed E-state index contributed by atoms with van der Waals surface area (Å²) < 4.78 is 0. The monoisotopic (exact) mass is 255 g/mol. The molecule has 2 N–H and O–H groups in total. The molecule has 0 aromatic carbocycles. The average Bonchev–Trinajstić information content (AvgIpc) is 2.30. The topological polar surface area (TPSA) is 66.4 Å². The van der Waals surface area contributed by atoms with Crippen LogP contribution in [0, 0.1) is 17.8 Å². The molecular formula is C14H25NO3. The number of carbonyl (C=O) groups is 2. The number of carbonyl (C=O) groups excluding carboxylic acids is 1. The van der Waals surface area contributed by atoms with Crippen molar-refractivity contribution in [2.75, 3.05) is 0 Å². The van der Waals surface area contributed by atoms with E-state index >= 15 is 0 Å². The van der Waals surface area contributed by atoms with E-state index in [-0.39, 0.29) is 23.7 Å². The van der Waals surface area contributed by atoms with Crippen LogP contribution in [0.15, 0.2) is 0 Å². The minimum absolute atomic E-state index is 0.00735. The summed E-state index contributed by atoms with van der Waals surface area (Å²) in [6.45, 7) is 7.72. The Kier molecular flexibility index (Phi) is 4.77. The molecule has 4 heteroatoms. The summed E-state index contributed by atoms with van der Waals surface area (Å²) in [5.74, 6) is -0.975. The molecule has 1 aliphatic carbocycles. The van der Waals surface area contributed by atoms with Crippen molar-refractivity contribution in [3.8, 4) is 0 Å². The first kappa shape index (κ1) is 15.0. The van der Waals surface area contributed by atoms with Crippen LogP contribution in [0.2, 0.25) is 0 Å². The number of hydrogen-bond donors (Lipinski definition) is 2. The van der Waals surface area contributed by atoms with Gasteiger partial charge < -0.3 is 10.4 Å². The van der Waals surface area contributed by atoms with Crippen LogP contribution in [-0.2, 0) is 9.59 Å². The van der Waals surface area contributed by atoms with E-state index in [1.54, 1.807) is 0 Å². The second kappa shape index (κ2) is 5.72. The van der Waals surface area contributed by atoms with Gasteiger partial charge in [0.05, 0.1) is 0 Å². The highest BCUT2D eigenvalue weighted by Crippen LogP contribution is 2.34. The lowest BCUT2D eigenvalue weighted by Gasteiger charge is -2.40. The molecule has 0 aromatic rings. The second-order valence-corrected chi connectivity index (χ2v) is 5.95. The molecule has 104 valence electrons. The van der Waals surface area contributed by atoms with Crippen LogP contribution in [0.3, 0.4) is 0 Å². The predicted octanol–water partition coefficient (Wildman–Crippen LogP) is 2.43. The quantitative estimate of drug-likeness (QED) is 0.810. The number of amides is 1. The van der Waals surface area contributed by atoms with Gasteiger partial charge in [-0.15, -0.1) is 0 Å². The molecule has 1 saturated carbocycles. The Hall–Kier alpha value is -1.06. The third-order valence-electron chi connectivity index (χ3n) is 4.44. The average molecular weight is 255 g/mol. The van der Waals surface area contributed by atoms with Gasteiger partial charge in [-0.25, -0.2) is 4.79 Å². The zero-order chi connectivity index (χ0) is 13.9. The lowest BCUT2D eigenvalue weighted by Crippen LogP contribution is -2.61. The Labute approximate surface area is 109 Å². The van der Waals surface area contributed by atoms with Crippen LogP contribution in [0.4, 0.5) is 0 Å². The largest absolute Gasteiger partial charge is 0.479 e. The number of hydrogen-bond acceptors (Lipinski definition) is 2. The van der Waals surface area contributed by atoms with Gasteiger partial charge in [-0.3, -0.25) is 4.79 Å². The number of carboxylic acid groups (broad SMARTS) is 1. The summed E-state index contributed by atoms with van der Waals surface area (Å²) in [7, 11) is 0. The van der Waals surface area contributed by atoms with Crippen molar-refractivity contribution in [3.05, 3.63) is 0 Å². The molecule has 3 atom stereocenters. The SMILES string of the molecule is CC(C)C(C)C(=O)NC1(C(=O)O)CCCCC1C. The molecule has 18 heavy (non-hydrogen) atoms. The zero-order valence-corrected chi connectivity index (χ0v) is 11.8. The van der Waals surface area contributed by atoms with Crippen molar-refractivity contribution in [1.82, 2.24) is 5.32 Å². The molecule has 1 amide bonds. The fraction of sp³-hybridized carbons (Fsp3) is 0.857. The van der Waals surface area contributed by atoms with Gasteiger partial charge in [0.2, 0.25) is 5.91 Å². The fourth-order valence-electron chi connectivity index (χ4n) is 2.54. The molecule has 1 fully saturated rings. The predicted molar refractivity (Wildman–Crippen MR) is 70.1 cm³/mol. The first-order valence-electron chi connectivity index (χ1n) is 6.86. The van der Waals surface area contributed by atoms with Crippen molar-refractivity contribution in [2.24, 2.45) is 17.8 Å². The maximum absolute atomic E-state index is 12.1. The number of carboxylic acids is 1. The first-order chi connectivity index (χ1) is 8.31. The number of nitrogens with one attached hydrogen (secondary N) is 1. The Morgan fingerprint density at radius 1 is 1.28 bits per heavy atom. The van der Waals surface area contributed by atoms with Crippen molar-refractivity contribution >= 4 is 11.9 Å². The fourth-order valence-corrected chi connectivity index (χ4v) is 2.54. The third-order valence-corrected chi connectivity index (χ3v) is 4.44. The summed E-state index contributed by atoms with van der Waals surface area (Å²) in [6, 6.07) is 0. The van der Waals surface area contributed by atoms with E-state index in [0.717, 1.165) is 19.3 Å². The Bertz CT molecular complexity index is 327. The first-order valence-corrected chi connectivity index (χ1v) is 6.86. The smallest absolute Gasteiger partial charge is 0.329 e. The molecular weight excluding hydrogens is 230 g/mol. The molecule has 0 aliphatic heterocycles. The Morgan fingerprint density at radius 3 is 2.33 bits per heavy atom. The molecule has 0 saturated heterocycles. The molecule has 0 heterocycles. The van der Waals surface area contributed by atoms with Gasteiger partial charge in [0, 0.05) is 5.92 Å². The summed E-state index contributed by atoms with van der Waals surface area (Å²) in [4.78, 5) is 23.7. The molecule has 3 unspecified atom stereocenters. The van der Waals surface area contributed by atoms with Gasteiger partial charge in [0.25, 0.3) is 0 Å². The van der Waals surface area contributed by atoms with Crippen LogP contribution in [0.1, 0.15) is 53.4 Å². The van der Waals surface area contributed by atoms with E-state index in [1.807, 2.05) is 27.7 Å². The van der Waals surface area contributed by atoms with Gasteiger partial charge >= 0.3 is 5.97 Å². The Balaban J connectivity index is 2.86. The highest BCUT2D eigenvalue weighted by Gasteiger charge is 2.46. The van der Waals surface area contributed by atoms with E-state index < -0.39 is 11.5 Å². The van der Waals surface area contributed by atoms with Gasteiger partial charge in [-0.1, -0.05) is 40.5 Å². The van der Waals surface area contributed by atoms with Crippen LogP contribution < -0.4 is 5.32 Å². The lowest BCUT2D eigenvalue weighted by molar-refractivity contribution is -0.152. The summed E-state index contributed by atoms with van der Waals surface area (Å²) in [6.07, 6.45) is 3.32. The van der Waals surface area contributed by atoms with Crippen molar-refractivity contribution in [2.45, 2.75) is 58.9 Å². The van der Waals surface area contributed by atoms with E-state index in [1.165, 1.54) is 0 Å². The van der Waals surface area contributed by atoms with Crippen LogP contribution in [0.25, 0.3) is 0 Å². The standard InChI is InChI=1S/C14H25NO3/c1-9(2)11(4)12(16)15-14(13(17)18)8-6-5-7-10(14)3/h9-11H,5-8H2,1-4H3,(H,15,16)(H,17,18). The van der Waals surface area contributed by atoms with E-state index in [2.05, 4.69) is 5.32 Å². The second-order valence-electron chi connectivity index (χ2n) is 5.95. The minimum atomic E-state index is -1.06. The number of rotatable bonds is 4. The van der Waals surface area contributed by atoms with Gasteiger partial charge in [-0.2, -0.15) is 0 Å². The van der Waals surface area contributed by atoms with Crippen LogP contribution >= 0.6 is 0 Å². The minimum Gasteiger partial charge on any atom is -0.479 e. The summed E-state index contributed by atoms with van der Waals surface area (Å²) >= 11 is 0. The van der Waals surface area contributed by atoms with Crippen LogP contribution in [0.5, 0.6) is 0 Å². The molecule has 4 nitrogen and oxygen atoms in total. The maximum atomic E-state index is 12.1. The highest BCUT2D eigenvalue weighted by atomic mass is 16.4. The van der Waals surface area contributed by atoms with E-state index in [4.69, 9.17) is 0 Å². The van der Waals surface area contributed by atoms with Gasteiger partial charge in [-0.05, 0) is 24.7 Å². The van der Waals surface area contributed by atoms with Crippen molar-refractivity contribution < 1.29 is 14.7 Å². The van der Waals surface area contributed by atoms with E-state index in [9.17, 15) is 14.7 Å².